The average Bonchev–Trinajstić information content (AvgIpc) is 3.26. The van der Waals surface area contributed by atoms with Gasteiger partial charge >= 0.3 is 0 Å². The first-order valence-corrected chi connectivity index (χ1v) is 9.69. The van der Waals surface area contributed by atoms with Gasteiger partial charge in [-0.15, -0.1) is 0 Å². The number of hydrogen-bond donors (Lipinski definition) is 2. The first kappa shape index (κ1) is 20.2. The number of fused-ring (bicyclic) bond motifs is 1. The smallest absolute Gasteiger partial charge is 0.258 e. The molecule has 8 nitrogen and oxygen atoms in total. The number of aliphatic imine (C=N–C) groups is 1. The number of nitrogens with one attached hydrogen (secondary N) is 2. The first-order valence-electron chi connectivity index (χ1n) is 9.69. The van der Waals surface area contributed by atoms with Crippen molar-refractivity contribution in [3.05, 3.63) is 77.6 Å². The molecule has 0 saturated carbocycles. The van der Waals surface area contributed by atoms with Gasteiger partial charge in [0.15, 0.2) is 11.5 Å². The zero-order chi connectivity index (χ0) is 21.6. The predicted molar refractivity (Wildman–Crippen MR) is 117 cm³/mol. The number of hydrogen-bond acceptors (Lipinski definition) is 6. The molecule has 4 rings (SSSR count). The summed E-state index contributed by atoms with van der Waals surface area (Å²) in [6.45, 7) is 2.41. The van der Waals surface area contributed by atoms with Gasteiger partial charge < -0.3 is 19.5 Å². The number of carbonyl (C=O) groups excluding carboxylic acids is 1. The lowest BCUT2D eigenvalue weighted by Crippen LogP contribution is -2.36. The Bertz CT molecular complexity index is 1120. The van der Waals surface area contributed by atoms with Crippen LogP contribution in [0.2, 0.25) is 0 Å². The molecule has 0 aliphatic carbocycles. The number of carbonyl (C=O) groups is 1. The minimum atomic E-state index is -0.336. The van der Waals surface area contributed by atoms with Crippen LogP contribution in [0.15, 0.2) is 65.8 Å². The number of guanidine groups is 1. The van der Waals surface area contributed by atoms with Gasteiger partial charge in [-0.1, -0.05) is 12.1 Å². The van der Waals surface area contributed by atoms with Gasteiger partial charge in [-0.05, 0) is 55.0 Å². The Morgan fingerprint density at radius 3 is 2.81 bits per heavy atom. The minimum Gasteiger partial charge on any atom is -0.495 e. The zero-order valence-corrected chi connectivity index (χ0v) is 17.2. The lowest BCUT2D eigenvalue weighted by Gasteiger charge is -2.15. The van der Waals surface area contributed by atoms with Crippen LogP contribution in [-0.4, -0.2) is 30.8 Å². The third-order valence-corrected chi connectivity index (χ3v) is 4.60. The number of nitrogens with zero attached hydrogens (tertiary/aromatic N) is 2. The van der Waals surface area contributed by atoms with Gasteiger partial charge in [0.25, 0.3) is 5.91 Å². The van der Waals surface area contributed by atoms with Crippen molar-refractivity contribution in [1.82, 2.24) is 10.3 Å². The van der Waals surface area contributed by atoms with Crippen LogP contribution in [0.4, 0.5) is 5.69 Å². The Kier molecular flexibility index (Phi) is 5.98. The molecule has 1 aliphatic heterocycles. The monoisotopic (exact) mass is 418 g/mol. The van der Waals surface area contributed by atoms with E-state index in [0.717, 1.165) is 11.3 Å². The molecule has 0 unspecified atom stereocenters. The molecule has 1 aromatic heterocycles. The van der Waals surface area contributed by atoms with Crippen LogP contribution < -0.4 is 24.8 Å². The molecule has 1 aliphatic rings. The summed E-state index contributed by atoms with van der Waals surface area (Å²) in [7, 11) is 1.59. The molecule has 31 heavy (non-hydrogen) atoms. The number of rotatable bonds is 5. The van der Waals surface area contributed by atoms with Gasteiger partial charge in [0.2, 0.25) is 12.8 Å². The van der Waals surface area contributed by atoms with E-state index >= 15 is 0 Å². The lowest BCUT2D eigenvalue weighted by atomic mass is 10.2. The highest BCUT2D eigenvalue weighted by molar-refractivity contribution is 6.10. The largest absolute Gasteiger partial charge is 0.495 e. The summed E-state index contributed by atoms with van der Waals surface area (Å²) in [5, 5.41) is 6.01. The van der Waals surface area contributed by atoms with Crippen molar-refractivity contribution in [3.8, 4) is 17.2 Å². The zero-order valence-electron chi connectivity index (χ0n) is 17.2. The van der Waals surface area contributed by atoms with E-state index in [-0.39, 0.29) is 18.7 Å². The van der Waals surface area contributed by atoms with Crippen LogP contribution in [0.1, 0.15) is 21.6 Å². The summed E-state index contributed by atoms with van der Waals surface area (Å²) in [6, 6.07) is 16.3. The number of ether oxygens (including phenoxy) is 3. The molecule has 8 heteroatoms. The lowest BCUT2D eigenvalue weighted by molar-refractivity contribution is 0.0976. The maximum Gasteiger partial charge on any atom is 0.258 e. The van der Waals surface area contributed by atoms with Crippen LogP contribution in [-0.2, 0) is 6.54 Å². The quantitative estimate of drug-likeness (QED) is 0.486. The fourth-order valence-corrected chi connectivity index (χ4v) is 3.03. The van der Waals surface area contributed by atoms with E-state index in [0.29, 0.717) is 35.0 Å². The van der Waals surface area contributed by atoms with Crippen molar-refractivity contribution in [2.24, 2.45) is 4.99 Å². The highest BCUT2D eigenvalue weighted by Gasteiger charge is 2.17. The summed E-state index contributed by atoms with van der Waals surface area (Å²) in [5.74, 6) is 1.72. The molecule has 0 fully saturated rings. The van der Waals surface area contributed by atoms with E-state index < -0.39 is 0 Å². The number of aromatic nitrogens is 1. The molecule has 2 aromatic carbocycles. The van der Waals surface area contributed by atoms with Gasteiger partial charge in [-0.3, -0.25) is 15.1 Å². The second-order valence-electron chi connectivity index (χ2n) is 6.84. The summed E-state index contributed by atoms with van der Waals surface area (Å²) in [5.41, 5.74) is 2.92. The van der Waals surface area contributed by atoms with E-state index in [9.17, 15) is 4.79 Å². The maximum absolute atomic E-state index is 12.9. The summed E-state index contributed by atoms with van der Waals surface area (Å²) in [4.78, 5) is 21.7. The molecule has 1 amide bonds. The number of pyridine rings is 1. The van der Waals surface area contributed by atoms with Gasteiger partial charge in [0, 0.05) is 11.8 Å². The highest BCUT2D eigenvalue weighted by Crippen LogP contribution is 2.32. The van der Waals surface area contributed by atoms with Crippen LogP contribution in [0.5, 0.6) is 17.2 Å². The summed E-state index contributed by atoms with van der Waals surface area (Å²) in [6.07, 6.45) is 1.70. The van der Waals surface area contributed by atoms with Gasteiger partial charge in [-0.2, -0.15) is 0 Å². The standard InChI is InChI=1S/C23H22N4O4/c1-15-6-8-19(29-2)18(11-15)26-23(25-13-17-5-3-4-10-24-17)27-22(28)16-7-9-20-21(12-16)31-14-30-20/h3-12H,13-14H2,1-2H3,(H2,25,26,27,28). The van der Waals surface area contributed by atoms with Gasteiger partial charge in [-0.25, -0.2) is 4.99 Å². The Labute approximate surface area is 179 Å². The van der Waals surface area contributed by atoms with Crippen molar-refractivity contribution in [2.75, 3.05) is 19.2 Å². The fourth-order valence-electron chi connectivity index (χ4n) is 3.03. The van der Waals surface area contributed by atoms with Crippen LogP contribution in [0, 0.1) is 6.92 Å². The molecule has 2 N–H and O–H groups in total. The fraction of sp³-hybridized carbons (Fsp3) is 0.174. The minimum absolute atomic E-state index is 0.145. The average molecular weight is 418 g/mol. The van der Waals surface area contributed by atoms with Crippen molar-refractivity contribution < 1.29 is 19.0 Å². The normalized spacial score (nSPS) is 12.4. The molecule has 0 spiro atoms. The van der Waals surface area contributed by atoms with Crippen molar-refractivity contribution >= 4 is 17.6 Å². The number of benzene rings is 2. The number of anilines is 1. The summed E-state index contributed by atoms with van der Waals surface area (Å²) < 4.78 is 16.1. The number of aryl methyl sites for hydroxylation is 1. The van der Waals surface area contributed by atoms with E-state index in [1.54, 1.807) is 31.5 Å². The second kappa shape index (κ2) is 9.17. The second-order valence-corrected chi connectivity index (χ2v) is 6.84. The predicted octanol–water partition coefficient (Wildman–Crippen LogP) is 3.53. The van der Waals surface area contributed by atoms with Crippen molar-refractivity contribution in [3.63, 3.8) is 0 Å². The third kappa shape index (κ3) is 4.92. The Hall–Kier alpha value is -4.07. The van der Waals surface area contributed by atoms with Crippen LogP contribution in [0.25, 0.3) is 0 Å². The molecular formula is C23H22N4O4. The molecule has 3 aromatic rings. The SMILES string of the molecule is COc1ccc(C)cc1NC(=NCc1ccccn1)NC(=O)c1ccc2c(c1)OCO2. The Morgan fingerprint density at radius 2 is 2.00 bits per heavy atom. The van der Waals surface area contributed by atoms with Crippen LogP contribution in [0.3, 0.4) is 0 Å². The summed E-state index contributed by atoms with van der Waals surface area (Å²) >= 11 is 0. The number of methoxy groups -OCH3 is 1. The molecule has 0 bridgehead atoms. The van der Waals surface area contributed by atoms with Gasteiger partial charge in [0.1, 0.15) is 5.75 Å². The molecular weight excluding hydrogens is 396 g/mol. The molecule has 158 valence electrons. The maximum atomic E-state index is 12.9. The first-order chi connectivity index (χ1) is 15.1. The van der Waals surface area contributed by atoms with Gasteiger partial charge in [0.05, 0.1) is 25.0 Å². The van der Waals surface area contributed by atoms with E-state index in [1.807, 2.05) is 43.3 Å². The topological polar surface area (TPSA) is 94.1 Å². The Balaban J connectivity index is 1.59. The third-order valence-electron chi connectivity index (χ3n) is 4.60. The highest BCUT2D eigenvalue weighted by atomic mass is 16.7. The molecule has 2 heterocycles. The van der Waals surface area contributed by atoms with E-state index in [2.05, 4.69) is 20.6 Å². The van der Waals surface area contributed by atoms with Crippen molar-refractivity contribution in [2.45, 2.75) is 13.5 Å². The Morgan fingerprint density at radius 1 is 1.13 bits per heavy atom. The van der Waals surface area contributed by atoms with E-state index in [1.165, 1.54) is 0 Å². The van der Waals surface area contributed by atoms with E-state index in [4.69, 9.17) is 14.2 Å². The van der Waals surface area contributed by atoms with Crippen LogP contribution >= 0.6 is 0 Å². The molecule has 0 saturated heterocycles. The molecule has 0 radical (unpaired) electrons. The van der Waals surface area contributed by atoms with Crippen molar-refractivity contribution in [1.29, 1.82) is 0 Å². The number of amides is 1. The molecule has 0 atom stereocenters.